The molecular weight excluding hydrogens is 274 g/mol. The van der Waals surface area contributed by atoms with E-state index >= 15 is 0 Å². The first kappa shape index (κ1) is 13.1. The van der Waals surface area contributed by atoms with Crippen LogP contribution in [0.3, 0.4) is 0 Å². The first-order valence-corrected chi connectivity index (χ1v) is 7.56. The van der Waals surface area contributed by atoms with Crippen LogP contribution in [0, 0.1) is 6.92 Å². The molecule has 4 heteroatoms. The molecule has 1 aliphatic rings. The second-order valence-corrected chi connectivity index (χ2v) is 5.96. The van der Waals surface area contributed by atoms with E-state index in [1.165, 1.54) is 18.5 Å². The van der Waals surface area contributed by atoms with Gasteiger partial charge < -0.3 is 4.57 Å². The van der Waals surface area contributed by atoms with Crippen molar-refractivity contribution in [3.05, 3.63) is 71.2 Å². The van der Waals surface area contributed by atoms with Crippen molar-refractivity contribution in [2.45, 2.75) is 25.7 Å². The summed E-state index contributed by atoms with van der Waals surface area (Å²) in [5, 5.41) is 7.42. The van der Waals surface area contributed by atoms with Crippen LogP contribution < -0.4 is 0 Å². The fourth-order valence-electron chi connectivity index (χ4n) is 2.69. The number of rotatable bonds is 4. The summed E-state index contributed by atoms with van der Waals surface area (Å²) >= 11 is 0. The minimum atomic E-state index is 0.0420. The highest BCUT2D eigenvalue weighted by atomic mass is 16.1. The topological polar surface area (TPSA) is 50.7 Å². The van der Waals surface area contributed by atoms with Crippen molar-refractivity contribution in [1.29, 1.82) is 0 Å². The maximum Gasteiger partial charge on any atom is 0.194 e. The van der Waals surface area contributed by atoms with E-state index in [0.29, 0.717) is 11.5 Å². The summed E-state index contributed by atoms with van der Waals surface area (Å²) in [5.41, 5.74) is 3.68. The zero-order chi connectivity index (χ0) is 15.1. The lowest BCUT2D eigenvalue weighted by Crippen LogP contribution is -2.00. The Hall–Kier alpha value is -2.62. The molecule has 1 saturated carbocycles. The fraction of sp³-hybridized carbons (Fsp3) is 0.222. The summed E-state index contributed by atoms with van der Waals surface area (Å²) in [6.45, 7) is 1.99. The number of carbonyl (C=O) groups excluding carboxylic acids is 1. The molecule has 1 fully saturated rings. The number of aromatic nitrogens is 3. The van der Waals surface area contributed by atoms with Gasteiger partial charge in [0, 0.05) is 41.2 Å². The van der Waals surface area contributed by atoms with E-state index in [-0.39, 0.29) is 5.78 Å². The monoisotopic (exact) mass is 291 g/mol. The number of nitrogens with one attached hydrogen (secondary N) is 1. The van der Waals surface area contributed by atoms with E-state index in [1.807, 2.05) is 54.2 Å². The number of benzene rings is 1. The number of ketones is 1. The first-order valence-electron chi connectivity index (χ1n) is 7.56. The van der Waals surface area contributed by atoms with Gasteiger partial charge in [-0.3, -0.25) is 9.89 Å². The van der Waals surface area contributed by atoms with Crippen molar-refractivity contribution in [2.75, 3.05) is 0 Å². The molecule has 3 aromatic rings. The van der Waals surface area contributed by atoms with Gasteiger partial charge >= 0.3 is 0 Å². The maximum atomic E-state index is 12.5. The minimum absolute atomic E-state index is 0.0420. The molecular formula is C18H17N3O. The van der Waals surface area contributed by atoms with E-state index < -0.39 is 0 Å². The zero-order valence-electron chi connectivity index (χ0n) is 12.4. The number of aryl methyl sites for hydroxylation is 1. The van der Waals surface area contributed by atoms with Crippen LogP contribution in [0.2, 0.25) is 0 Å². The van der Waals surface area contributed by atoms with E-state index in [0.717, 1.165) is 16.9 Å². The van der Waals surface area contributed by atoms with E-state index in [4.69, 9.17) is 0 Å². The lowest BCUT2D eigenvalue weighted by atomic mass is 10.0. The lowest BCUT2D eigenvalue weighted by Gasteiger charge is -2.00. The van der Waals surface area contributed by atoms with Crippen LogP contribution in [0.15, 0.2) is 48.8 Å². The predicted molar refractivity (Wildman–Crippen MR) is 84.5 cm³/mol. The van der Waals surface area contributed by atoms with Crippen molar-refractivity contribution < 1.29 is 4.79 Å². The van der Waals surface area contributed by atoms with Crippen LogP contribution in [-0.2, 0) is 0 Å². The molecule has 0 amide bonds. The zero-order valence-corrected chi connectivity index (χ0v) is 12.4. The molecule has 1 aromatic carbocycles. The molecule has 0 bridgehead atoms. The van der Waals surface area contributed by atoms with Crippen LogP contribution in [0.1, 0.15) is 45.9 Å². The number of hydrogen-bond acceptors (Lipinski definition) is 2. The fourth-order valence-corrected chi connectivity index (χ4v) is 2.69. The second-order valence-electron chi connectivity index (χ2n) is 5.96. The quantitative estimate of drug-likeness (QED) is 0.746. The molecule has 0 spiro atoms. The van der Waals surface area contributed by atoms with Gasteiger partial charge in [-0.1, -0.05) is 23.8 Å². The van der Waals surface area contributed by atoms with E-state index in [9.17, 15) is 4.79 Å². The molecule has 110 valence electrons. The third kappa shape index (κ3) is 2.37. The van der Waals surface area contributed by atoms with E-state index in [1.54, 1.807) is 0 Å². The van der Waals surface area contributed by atoms with E-state index in [2.05, 4.69) is 16.3 Å². The molecule has 0 atom stereocenters. The summed E-state index contributed by atoms with van der Waals surface area (Å²) < 4.78 is 1.89. The van der Waals surface area contributed by atoms with Crippen molar-refractivity contribution in [3.63, 3.8) is 0 Å². The Morgan fingerprint density at radius 2 is 2.09 bits per heavy atom. The first-order chi connectivity index (χ1) is 10.7. The van der Waals surface area contributed by atoms with Gasteiger partial charge in [0.1, 0.15) is 0 Å². The number of carbonyl (C=O) groups is 1. The Morgan fingerprint density at radius 3 is 2.86 bits per heavy atom. The Bertz CT molecular complexity index is 839. The Kier molecular flexibility index (Phi) is 2.96. The molecule has 0 radical (unpaired) electrons. The number of hydrogen-bond donors (Lipinski definition) is 1. The summed E-state index contributed by atoms with van der Waals surface area (Å²) in [7, 11) is 0. The summed E-state index contributed by atoms with van der Waals surface area (Å²) in [6, 6.07) is 11.6. The average Bonchev–Trinajstić information content (AvgIpc) is 3.06. The molecule has 2 heterocycles. The van der Waals surface area contributed by atoms with Gasteiger partial charge in [0.15, 0.2) is 11.6 Å². The van der Waals surface area contributed by atoms with Crippen molar-refractivity contribution in [1.82, 2.24) is 14.8 Å². The predicted octanol–water partition coefficient (Wildman–Crippen LogP) is 3.62. The number of nitrogens with zero attached hydrogens (tertiary/aromatic N) is 2. The van der Waals surface area contributed by atoms with Crippen LogP contribution in [-0.4, -0.2) is 20.5 Å². The largest absolute Gasteiger partial charge is 0.306 e. The van der Waals surface area contributed by atoms with Gasteiger partial charge in [-0.25, -0.2) is 0 Å². The normalized spacial score (nSPS) is 14.2. The van der Waals surface area contributed by atoms with Crippen molar-refractivity contribution in [2.24, 2.45) is 0 Å². The molecule has 0 unspecified atom stereocenters. The van der Waals surface area contributed by atoms with Gasteiger partial charge in [-0.15, -0.1) is 0 Å². The van der Waals surface area contributed by atoms with Gasteiger partial charge in [0.05, 0.1) is 0 Å². The Balaban J connectivity index is 1.61. The summed E-state index contributed by atoms with van der Waals surface area (Å²) in [5.74, 6) is 1.52. The lowest BCUT2D eigenvalue weighted by molar-refractivity contribution is 0.103. The molecule has 0 aliphatic heterocycles. The standard InChI is InChI=1S/C18H17N3O/c1-12-3-2-4-14(9-12)18(22)15-7-8-21(11-15)17-10-16(19-20-17)13-5-6-13/h2-4,7-11,13H,5-6H2,1H3,(H,19,20). The third-order valence-corrected chi connectivity index (χ3v) is 4.10. The second kappa shape index (κ2) is 4.98. The Morgan fingerprint density at radius 1 is 1.23 bits per heavy atom. The van der Waals surface area contributed by atoms with Crippen molar-refractivity contribution in [3.8, 4) is 5.82 Å². The highest BCUT2D eigenvalue weighted by Crippen LogP contribution is 2.39. The van der Waals surface area contributed by atoms with Gasteiger partial charge in [-0.05, 0) is 31.9 Å². The molecule has 4 nitrogen and oxygen atoms in total. The highest BCUT2D eigenvalue weighted by Gasteiger charge is 2.25. The third-order valence-electron chi connectivity index (χ3n) is 4.10. The summed E-state index contributed by atoms with van der Waals surface area (Å²) in [4.78, 5) is 12.5. The smallest absolute Gasteiger partial charge is 0.194 e. The molecule has 1 aliphatic carbocycles. The summed E-state index contributed by atoms with van der Waals surface area (Å²) in [6.07, 6.45) is 6.21. The molecule has 4 rings (SSSR count). The SMILES string of the molecule is Cc1cccc(C(=O)c2ccn(-c3cc(C4CC4)[nH]n3)c2)c1. The maximum absolute atomic E-state index is 12.5. The molecule has 22 heavy (non-hydrogen) atoms. The van der Waals surface area contributed by atoms with Crippen LogP contribution in [0.4, 0.5) is 0 Å². The van der Waals surface area contributed by atoms with Crippen LogP contribution in [0.5, 0.6) is 0 Å². The van der Waals surface area contributed by atoms with Crippen LogP contribution >= 0.6 is 0 Å². The number of H-pyrrole nitrogens is 1. The minimum Gasteiger partial charge on any atom is -0.306 e. The molecule has 1 N–H and O–H groups in total. The highest BCUT2D eigenvalue weighted by molar-refractivity contribution is 6.09. The van der Waals surface area contributed by atoms with Gasteiger partial charge in [0.2, 0.25) is 0 Å². The van der Waals surface area contributed by atoms with Gasteiger partial charge in [0.25, 0.3) is 0 Å². The number of aromatic amines is 1. The van der Waals surface area contributed by atoms with Crippen LogP contribution in [0.25, 0.3) is 5.82 Å². The molecule has 0 saturated heterocycles. The molecule has 2 aromatic heterocycles. The van der Waals surface area contributed by atoms with Crippen molar-refractivity contribution >= 4 is 5.78 Å². The Labute approximate surface area is 128 Å². The van der Waals surface area contributed by atoms with Gasteiger partial charge in [-0.2, -0.15) is 5.10 Å². The average molecular weight is 291 g/mol.